The number of anilines is 1. The van der Waals surface area contributed by atoms with Gasteiger partial charge in [-0.2, -0.15) is 0 Å². The van der Waals surface area contributed by atoms with Gasteiger partial charge in [-0.25, -0.2) is 22.7 Å². The van der Waals surface area contributed by atoms with E-state index in [-0.39, 0.29) is 22.6 Å². The second kappa shape index (κ2) is 8.09. The lowest BCUT2D eigenvalue weighted by Gasteiger charge is -2.14. The quantitative estimate of drug-likeness (QED) is 0.623. The van der Waals surface area contributed by atoms with Crippen LogP contribution in [0.15, 0.2) is 28.5 Å². The first kappa shape index (κ1) is 22.4. The zero-order chi connectivity index (χ0) is 22.3. The molecule has 1 N–H and O–H groups in total. The molecule has 0 saturated heterocycles. The maximum absolute atomic E-state index is 12.4. The maximum Gasteiger partial charge on any atom is 0.242 e. The number of aromatic nitrogens is 3. The van der Waals surface area contributed by atoms with Crippen molar-refractivity contribution in [2.45, 2.75) is 43.9 Å². The van der Waals surface area contributed by atoms with E-state index in [2.05, 4.69) is 36.1 Å². The van der Waals surface area contributed by atoms with E-state index in [9.17, 15) is 13.2 Å². The molecule has 8 nitrogen and oxygen atoms in total. The molecule has 0 atom stereocenters. The number of hydrogen-bond donors (Lipinski definition) is 1. The van der Waals surface area contributed by atoms with Crippen LogP contribution >= 0.6 is 11.3 Å². The average molecular weight is 450 g/mol. The van der Waals surface area contributed by atoms with Crippen molar-refractivity contribution in [3.63, 3.8) is 0 Å². The summed E-state index contributed by atoms with van der Waals surface area (Å²) in [5.74, 6) is 0.585. The molecule has 0 spiro atoms. The van der Waals surface area contributed by atoms with Crippen LogP contribution in [0, 0.1) is 0 Å². The van der Waals surface area contributed by atoms with E-state index in [1.165, 1.54) is 29.7 Å². The van der Waals surface area contributed by atoms with Crippen LogP contribution in [0.2, 0.25) is 0 Å². The lowest BCUT2D eigenvalue weighted by molar-refractivity contribution is -0.116. The fourth-order valence-electron chi connectivity index (χ4n) is 2.91. The summed E-state index contributed by atoms with van der Waals surface area (Å²) in [6, 6.07) is 4.88. The van der Waals surface area contributed by atoms with Crippen LogP contribution in [0.25, 0.3) is 11.0 Å². The summed E-state index contributed by atoms with van der Waals surface area (Å²) < 4.78 is 27.8. The van der Waals surface area contributed by atoms with E-state index >= 15 is 0 Å². The summed E-state index contributed by atoms with van der Waals surface area (Å²) in [6.07, 6.45) is 0.689. The third-order valence-corrected chi connectivity index (χ3v) is 7.39. The molecule has 0 unspecified atom stereocenters. The summed E-state index contributed by atoms with van der Waals surface area (Å²) in [5.41, 5.74) is 2.29. The van der Waals surface area contributed by atoms with Gasteiger partial charge in [-0.1, -0.05) is 20.8 Å². The first-order valence-electron chi connectivity index (χ1n) is 9.53. The van der Waals surface area contributed by atoms with Crippen molar-refractivity contribution in [2.24, 2.45) is 7.05 Å². The number of aryl methyl sites for hydroxylation is 2. The van der Waals surface area contributed by atoms with Crippen LogP contribution in [0.3, 0.4) is 0 Å². The third kappa shape index (κ3) is 4.55. The molecular weight excluding hydrogens is 422 g/mol. The van der Waals surface area contributed by atoms with Gasteiger partial charge in [0, 0.05) is 44.8 Å². The Labute approximate surface area is 181 Å². The van der Waals surface area contributed by atoms with Gasteiger partial charge in [-0.3, -0.25) is 4.79 Å². The maximum atomic E-state index is 12.4. The zero-order valence-corrected chi connectivity index (χ0v) is 19.7. The number of hydrogen-bond acceptors (Lipinski definition) is 6. The summed E-state index contributed by atoms with van der Waals surface area (Å²) in [4.78, 5) is 21.6. The summed E-state index contributed by atoms with van der Waals surface area (Å²) in [6.45, 7) is 6.23. The molecule has 3 rings (SSSR count). The standard InChI is InChI=1S/C20H27N5O3S2/c1-20(2,3)16-12-29-19(22-16)23-18(26)10-9-17-21-14-11-13(30(27,28)24(4)5)7-8-15(14)25(17)6/h7-8,11-12H,9-10H2,1-6H3,(H,22,23,26). The second-order valence-corrected chi connectivity index (χ2v) is 11.4. The number of nitrogens with one attached hydrogen (secondary N) is 1. The minimum atomic E-state index is -3.53. The lowest BCUT2D eigenvalue weighted by atomic mass is 9.93. The fourth-order valence-corrected chi connectivity index (χ4v) is 4.78. The normalized spacial score (nSPS) is 12.6. The van der Waals surface area contributed by atoms with E-state index in [1.807, 2.05) is 17.0 Å². The van der Waals surface area contributed by atoms with Crippen LogP contribution < -0.4 is 5.32 Å². The van der Waals surface area contributed by atoms with Gasteiger partial charge in [0.1, 0.15) is 5.82 Å². The first-order chi connectivity index (χ1) is 13.9. The highest BCUT2D eigenvalue weighted by atomic mass is 32.2. The van der Waals surface area contributed by atoms with Crippen LogP contribution in [-0.4, -0.2) is 47.3 Å². The molecule has 2 heterocycles. The van der Waals surface area contributed by atoms with Gasteiger partial charge in [0.05, 0.1) is 21.6 Å². The highest BCUT2D eigenvalue weighted by Gasteiger charge is 2.20. The molecule has 3 aromatic rings. The number of imidazole rings is 1. The van der Waals surface area contributed by atoms with Crippen LogP contribution in [0.1, 0.15) is 38.7 Å². The number of thiazole rings is 1. The van der Waals surface area contributed by atoms with Crippen LogP contribution in [0.5, 0.6) is 0 Å². The molecule has 0 fully saturated rings. The number of rotatable bonds is 6. The van der Waals surface area contributed by atoms with Gasteiger partial charge in [-0.15, -0.1) is 11.3 Å². The number of carbonyl (C=O) groups is 1. The van der Waals surface area contributed by atoms with E-state index in [0.29, 0.717) is 22.9 Å². The SMILES string of the molecule is CN(C)S(=O)(=O)c1ccc2c(c1)nc(CCC(=O)Nc1nc(C(C)(C)C)cs1)n2C. The van der Waals surface area contributed by atoms with E-state index in [1.54, 1.807) is 18.2 Å². The van der Waals surface area contributed by atoms with Gasteiger partial charge in [0.25, 0.3) is 0 Å². The molecule has 10 heteroatoms. The van der Waals surface area contributed by atoms with Crippen molar-refractivity contribution in [1.29, 1.82) is 0 Å². The Morgan fingerprint density at radius 3 is 2.53 bits per heavy atom. The Morgan fingerprint density at radius 1 is 1.23 bits per heavy atom. The molecule has 2 aromatic heterocycles. The fraction of sp³-hybridized carbons (Fsp3) is 0.450. The monoisotopic (exact) mass is 449 g/mol. The van der Waals surface area contributed by atoms with Crippen molar-refractivity contribution in [1.82, 2.24) is 18.8 Å². The molecule has 0 aliphatic heterocycles. The minimum absolute atomic E-state index is 0.0640. The number of sulfonamides is 1. The average Bonchev–Trinajstić information content (AvgIpc) is 3.24. The van der Waals surface area contributed by atoms with Gasteiger partial charge in [0.2, 0.25) is 15.9 Å². The Morgan fingerprint density at radius 2 is 1.93 bits per heavy atom. The summed E-state index contributed by atoms with van der Waals surface area (Å²) in [5, 5.41) is 5.40. The topological polar surface area (TPSA) is 97.2 Å². The minimum Gasteiger partial charge on any atom is -0.331 e. The smallest absolute Gasteiger partial charge is 0.242 e. The van der Waals surface area contributed by atoms with E-state index in [0.717, 1.165) is 11.2 Å². The van der Waals surface area contributed by atoms with Crippen molar-refractivity contribution in [2.75, 3.05) is 19.4 Å². The predicted molar refractivity (Wildman–Crippen MR) is 119 cm³/mol. The number of amides is 1. The van der Waals surface area contributed by atoms with Crippen LogP contribution in [0.4, 0.5) is 5.13 Å². The number of carbonyl (C=O) groups excluding carboxylic acids is 1. The highest BCUT2D eigenvalue weighted by molar-refractivity contribution is 7.89. The number of benzene rings is 1. The third-order valence-electron chi connectivity index (χ3n) is 4.82. The van der Waals surface area contributed by atoms with Gasteiger partial charge in [-0.05, 0) is 18.2 Å². The predicted octanol–water partition coefficient (Wildman–Crippen LogP) is 3.15. The molecule has 0 aliphatic carbocycles. The molecule has 1 aromatic carbocycles. The van der Waals surface area contributed by atoms with Crippen LogP contribution in [-0.2, 0) is 33.7 Å². The van der Waals surface area contributed by atoms with Crippen molar-refractivity contribution in [3.8, 4) is 0 Å². The van der Waals surface area contributed by atoms with Crippen molar-refractivity contribution >= 4 is 43.4 Å². The zero-order valence-electron chi connectivity index (χ0n) is 18.1. The first-order valence-corrected chi connectivity index (χ1v) is 11.9. The van der Waals surface area contributed by atoms with Gasteiger partial charge < -0.3 is 9.88 Å². The van der Waals surface area contributed by atoms with Crippen molar-refractivity contribution in [3.05, 3.63) is 35.1 Å². The molecule has 30 heavy (non-hydrogen) atoms. The Hall–Kier alpha value is -2.30. The molecule has 0 saturated carbocycles. The largest absolute Gasteiger partial charge is 0.331 e. The Kier molecular flexibility index (Phi) is 6.03. The number of nitrogens with zero attached hydrogens (tertiary/aromatic N) is 4. The van der Waals surface area contributed by atoms with Crippen molar-refractivity contribution < 1.29 is 13.2 Å². The highest BCUT2D eigenvalue weighted by Crippen LogP contribution is 2.26. The molecule has 0 aliphatic rings. The van der Waals surface area contributed by atoms with E-state index in [4.69, 9.17) is 0 Å². The Balaban J connectivity index is 1.72. The molecule has 162 valence electrons. The van der Waals surface area contributed by atoms with Gasteiger partial charge in [0.15, 0.2) is 5.13 Å². The van der Waals surface area contributed by atoms with Gasteiger partial charge >= 0.3 is 0 Å². The Bertz CT molecular complexity index is 1190. The molecule has 0 bridgehead atoms. The summed E-state index contributed by atoms with van der Waals surface area (Å²) >= 11 is 1.41. The lowest BCUT2D eigenvalue weighted by Crippen LogP contribution is -2.22. The molecule has 0 radical (unpaired) electrons. The molecular formula is C20H27N5O3S2. The number of fused-ring (bicyclic) bond motifs is 1. The summed E-state index contributed by atoms with van der Waals surface area (Å²) in [7, 11) is 1.32. The van der Waals surface area contributed by atoms with E-state index < -0.39 is 10.0 Å². The molecule has 1 amide bonds. The second-order valence-electron chi connectivity index (χ2n) is 8.36.